The van der Waals surface area contributed by atoms with Gasteiger partial charge in [0.05, 0.1) is 7.11 Å². The average Bonchev–Trinajstić information content (AvgIpc) is 2.41. The van der Waals surface area contributed by atoms with Crippen molar-refractivity contribution >= 4 is 5.97 Å². The summed E-state index contributed by atoms with van der Waals surface area (Å²) in [6.07, 6.45) is 1.55. The second-order valence-electron chi connectivity index (χ2n) is 3.92. The van der Waals surface area contributed by atoms with Crippen LogP contribution in [0.15, 0.2) is 36.5 Å². The number of hydrogen-bond donors (Lipinski definition) is 1. The molecule has 1 aromatic carbocycles. The van der Waals surface area contributed by atoms with Gasteiger partial charge in [-0.05, 0) is 31.2 Å². The van der Waals surface area contributed by atoms with Gasteiger partial charge in [-0.3, -0.25) is 0 Å². The first kappa shape index (κ1) is 12.9. The molecule has 5 nitrogen and oxygen atoms in total. The highest BCUT2D eigenvalue weighted by Crippen LogP contribution is 2.31. The second-order valence-corrected chi connectivity index (χ2v) is 3.92. The summed E-state index contributed by atoms with van der Waals surface area (Å²) in [4.78, 5) is 15.2. The number of aryl methyl sites for hydroxylation is 1. The van der Waals surface area contributed by atoms with E-state index < -0.39 is 5.97 Å². The fraction of sp³-hybridized carbons (Fsp3) is 0.143. The van der Waals surface area contributed by atoms with Gasteiger partial charge in [-0.2, -0.15) is 0 Å². The summed E-state index contributed by atoms with van der Waals surface area (Å²) < 4.78 is 10.6. The smallest absolute Gasteiger partial charge is 0.339 e. The van der Waals surface area contributed by atoms with E-state index in [1.807, 2.05) is 6.92 Å². The molecule has 0 unspecified atom stereocenters. The SMILES string of the molecule is COc1cccnc1Oc1ccc(C)cc1C(=O)O. The topological polar surface area (TPSA) is 68.7 Å². The zero-order chi connectivity index (χ0) is 13.8. The van der Waals surface area contributed by atoms with Crippen LogP contribution in [0, 0.1) is 6.92 Å². The first-order valence-corrected chi connectivity index (χ1v) is 5.62. The Morgan fingerprint density at radius 3 is 2.74 bits per heavy atom. The van der Waals surface area contributed by atoms with Gasteiger partial charge in [0, 0.05) is 6.20 Å². The molecule has 0 radical (unpaired) electrons. The van der Waals surface area contributed by atoms with Crippen LogP contribution in [0.4, 0.5) is 0 Å². The maximum Gasteiger partial charge on any atom is 0.339 e. The molecule has 5 heteroatoms. The molecule has 0 aliphatic carbocycles. The summed E-state index contributed by atoms with van der Waals surface area (Å²) in [5.41, 5.74) is 0.936. The summed E-state index contributed by atoms with van der Waals surface area (Å²) in [6.45, 7) is 1.82. The highest BCUT2D eigenvalue weighted by Gasteiger charge is 2.14. The van der Waals surface area contributed by atoms with E-state index >= 15 is 0 Å². The van der Waals surface area contributed by atoms with E-state index in [0.29, 0.717) is 5.75 Å². The number of rotatable bonds is 4. The molecule has 2 rings (SSSR count). The van der Waals surface area contributed by atoms with Gasteiger partial charge in [-0.15, -0.1) is 0 Å². The van der Waals surface area contributed by atoms with Gasteiger partial charge in [-0.25, -0.2) is 9.78 Å². The predicted octanol–water partition coefficient (Wildman–Crippen LogP) is 2.89. The number of hydrogen-bond acceptors (Lipinski definition) is 4. The molecule has 0 fully saturated rings. The van der Waals surface area contributed by atoms with Crippen LogP contribution in [0.1, 0.15) is 15.9 Å². The van der Waals surface area contributed by atoms with Crippen LogP contribution in [0.5, 0.6) is 17.4 Å². The van der Waals surface area contributed by atoms with Crippen LogP contribution >= 0.6 is 0 Å². The minimum absolute atomic E-state index is 0.0905. The lowest BCUT2D eigenvalue weighted by atomic mass is 10.1. The highest BCUT2D eigenvalue weighted by atomic mass is 16.5. The van der Waals surface area contributed by atoms with Crippen molar-refractivity contribution in [3.05, 3.63) is 47.7 Å². The molecule has 1 N–H and O–H groups in total. The van der Waals surface area contributed by atoms with Crippen molar-refractivity contribution in [1.82, 2.24) is 4.98 Å². The molecule has 0 saturated heterocycles. The molecule has 0 atom stereocenters. The fourth-order valence-corrected chi connectivity index (χ4v) is 1.61. The Balaban J connectivity index is 2.41. The normalized spacial score (nSPS) is 10.0. The molecule has 0 spiro atoms. The minimum Gasteiger partial charge on any atom is -0.491 e. The van der Waals surface area contributed by atoms with Crippen LogP contribution in [0.2, 0.25) is 0 Å². The van der Waals surface area contributed by atoms with Gasteiger partial charge in [0.2, 0.25) is 0 Å². The van der Waals surface area contributed by atoms with Crippen molar-refractivity contribution in [3.8, 4) is 17.4 Å². The molecule has 0 saturated carbocycles. The predicted molar refractivity (Wildman–Crippen MR) is 69.0 cm³/mol. The number of aromatic nitrogens is 1. The Kier molecular flexibility index (Phi) is 3.66. The van der Waals surface area contributed by atoms with Gasteiger partial charge in [0.1, 0.15) is 11.3 Å². The minimum atomic E-state index is -1.05. The summed E-state index contributed by atoms with van der Waals surface area (Å²) in [7, 11) is 1.50. The van der Waals surface area contributed by atoms with E-state index in [0.717, 1.165) is 5.56 Å². The maximum absolute atomic E-state index is 11.2. The van der Waals surface area contributed by atoms with Crippen LogP contribution in [0.3, 0.4) is 0 Å². The second kappa shape index (κ2) is 5.39. The molecule has 1 aromatic heterocycles. The third-order valence-electron chi connectivity index (χ3n) is 2.53. The van der Waals surface area contributed by atoms with Crippen molar-refractivity contribution in [3.63, 3.8) is 0 Å². The van der Waals surface area contributed by atoms with Crippen LogP contribution in [-0.2, 0) is 0 Å². The summed E-state index contributed by atoms with van der Waals surface area (Å²) in [5.74, 6) is -0.139. The van der Waals surface area contributed by atoms with Crippen LogP contribution < -0.4 is 9.47 Å². The van der Waals surface area contributed by atoms with Crippen LogP contribution in [0.25, 0.3) is 0 Å². The third kappa shape index (κ3) is 2.82. The van der Waals surface area contributed by atoms with Crippen molar-refractivity contribution in [2.75, 3.05) is 7.11 Å². The van der Waals surface area contributed by atoms with Crippen molar-refractivity contribution in [2.24, 2.45) is 0 Å². The van der Waals surface area contributed by atoms with Gasteiger partial charge < -0.3 is 14.6 Å². The number of methoxy groups -OCH3 is 1. The summed E-state index contributed by atoms with van der Waals surface area (Å²) in [5, 5.41) is 9.16. The Bertz CT molecular complexity index is 610. The highest BCUT2D eigenvalue weighted by molar-refractivity contribution is 5.91. The number of ether oxygens (including phenoxy) is 2. The van der Waals surface area contributed by atoms with Gasteiger partial charge in [0.15, 0.2) is 5.75 Å². The van der Waals surface area contributed by atoms with E-state index in [9.17, 15) is 4.79 Å². The first-order valence-electron chi connectivity index (χ1n) is 5.62. The zero-order valence-corrected chi connectivity index (χ0v) is 10.6. The lowest BCUT2D eigenvalue weighted by Crippen LogP contribution is -2.02. The Morgan fingerprint density at radius 2 is 2.05 bits per heavy atom. The monoisotopic (exact) mass is 259 g/mol. The van der Waals surface area contributed by atoms with Crippen molar-refractivity contribution < 1.29 is 19.4 Å². The Hall–Kier alpha value is -2.56. The number of nitrogens with zero attached hydrogens (tertiary/aromatic N) is 1. The number of aromatic carboxylic acids is 1. The molecule has 0 amide bonds. The van der Waals surface area contributed by atoms with E-state index in [2.05, 4.69) is 4.98 Å². The van der Waals surface area contributed by atoms with E-state index in [-0.39, 0.29) is 17.2 Å². The molecule has 2 aromatic rings. The summed E-state index contributed by atoms with van der Waals surface area (Å²) in [6, 6.07) is 8.33. The van der Waals surface area contributed by atoms with Crippen molar-refractivity contribution in [2.45, 2.75) is 6.92 Å². The lowest BCUT2D eigenvalue weighted by molar-refractivity contribution is 0.0694. The molecule has 1 heterocycles. The van der Waals surface area contributed by atoms with Gasteiger partial charge in [-0.1, -0.05) is 11.6 Å². The summed E-state index contributed by atoms with van der Waals surface area (Å²) >= 11 is 0. The number of carboxylic acids is 1. The Labute approximate surface area is 110 Å². The number of carbonyl (C=O) groups is 1. The first-order chi connectivity index (χ1) is 9.11. The van der Waals surface area contributed by atoms with Crippen LogP contribution in [-0.4, -0.2) is 23.2 Å². The number of benzene rings is 1. The Morgan fingerprint density at radius 1 is 1.26 bits per heavy atom. The van der Waals surface area contributed by atoms with E-state index in [1.54, 1.807) is 36.5 Å². The molecular formula is C14H13NO4. The molecular weight excluding hydrogens is 246 g/mol. The van der Waals surface area contributed by atoms with E-state index in [4.69, 9.17) is 14.6 Å². The van der Waals surface area contributed by atoms with Gasteiger partial charge >= 0.3 is 5.97 Å². The zero-order valence-electron chi connectivity index (χ0n) is 10.6. The van der Waals surface area contributed by atoms with E-state index in [1.165, 1.54) is 7.11 Å². The fourth-order valence-electron chi connectivity index (χ4n) is 1.61. The molecule has 0 bridgehead atoms. The quantitative estimate of drug-likeness (QED) is 0.914. The van der Waals surface area contributed by atoms with Crippen molar-refractivity contribution in [1.29, 1.82) is 0 Å². The average molecular weight is 259 g/mol. The standard InChI is InChI=1S/C14H13NO4/c1-9-5-6-11(10(8-9)14(16)17)19-13-12(18-2)4-3-7-15-13/h3-8H,1-2H3,(H,16,17). The molecule has 19 heavy (non-hydrogen) atoms. The molecule has 0 aliphatic heterocycles. The number of pyridine rings is 1. The largest absolute Gasteiger partial charge is 0.491 e. The number of carboxylic acid groups (broad SMARTS) is 1. The lowest BCUT2D eigenvalue weighted by Gasteiger charge is -2.11. The van der Waals surface area contributed by atoms with Gasteiger partial charge in [0.25, 0.3) is 5.88 Å². The molecule has 0 aliphatic rings. The molecule has 98 valence electrons. The maximum atomic E-state index is 11.2. The third-order valence-corrected chi connectivity index (χ3v) is 2.53.